The van der Waals surface area contributed by atoms with E-state index in [4.69, 9.17) is 9.47 Å². The van der Waals surface area contributed by atoms with Gasteiger partial charge in [0.05, 0.1) is 0 Å². The fraction of sp³-hybridized carbons (Fsp3) is 0.628. The lowest BCUT2D eigenvalue weighted by atomic mass is 9.84. The predicted molar refractivity (Wildman–Crippen MR) is 218 cm³/mol. The Balaban J connectivity index is 0.000000306. The molecule has 4 N–H and O–H groups in total. The number of rotatable bonds is 23. The molecule has 4 rings (SSSR count). The van der Waals surface area contributed by atoms with E-state index < -0.39 is 46.4 Å². The van der Waals surface area contributed by atoms with Crippen molar-refractivity contribution in [1.29, 1.82) is 0 Å². The van der Waals surface area contributed by atoms with Crippen molar-refractivity contribution in [3.8, 4) is 11.5 Å². The predicted octanol–water partition coefficient (Wildman–Crippen LogP) is 5.44. The largest absolute Gasteiger partial charge is 0.491 e. The molecule has 0 aliphatic heterocycles. The summed E-state index contributed by atoms with van der Waals surface area (Å²) in [6.07, 6.45) is 2.00. The fourth-order valence-corrected chi connectivity index (χ4v) is 7.06. The minimum Gasteiger partial charge on any atom is -0.491 e. The maximum absolute atomic E-state index is 12.7. The standard InChI is InChI=1S/C22H32N2O5.C21H30N2O5/c1-5-20(26)22(4,24-28)21(27)11-15-9-10-18-17(15)7-6-8-19(18)29-13-16(25)12-23-14(2)3;1-13(2)22-11-15(24)12-28-19-7-5-6-16-14(8-9-17(16)19)10-18(25)20(26)21(3,4)23-27/h6-8,14-16,23,25H,5,9-13H2,1-4H3;5-7,13-15,22,24H,8-12H2,1-4H3. The summed E-state index contributed by atoms with van der Waals surface area (Å²) >= 11 is 0. The third-order valence-corrected chi connectivity index (χ3v) is 10.6. The van der Waals surface area contributed by atoms with Gasteiger partial charge < -0.3 is 30.3 Å². The summed E-state index contributed by atoms with van der Waals surface area (Å²) in [5.41, 5.74) is 0.706. The highest BCUT2D eigenvalue weighted by Crippen LogP contribution is 2.42. The summed E-state index contributed by atoms with van der Waals surface area (Å²) in [6, 6.07) is 11.9. The summed E-state index contributed by atoms with van der Waals surface area (Å²) in [6.45, 7) is 15.0. The number of ether oxygens (including phenoxy) is 2. The minimum atomic E-state index is -1.81. The molecule has 2 aliphatic carbocycles. The van der Waals surface area contributed by atoms with Crippen molar-refractivity contribution in [2.45, 2.75) is 148 Å². The minimum absolute atomic E-state index is 0.0647. The van der Waals surface area contributed by atoms with Gasteiger partial charge in [0.1, 0.15) is 36.9 Å². The van der Waals surface area contributed by atoms with Gasteiger partial charge in [0.15, 0.2) is 17.1 Å². The van der Waals surface area contributed by atoms with E-state index in [0.717, 1.165) is 47.9 Å². The Bertz CT molecular complexity index is 1730. The van der Waals surface area contributed by atoms with Crippen LogP contribution in [0.15, 0.2) is 46.8 Å². The Hall–Kier alpha value is -4.24. The van der Waals surface area contributed by atoms with Gasteiger partial charge in [-0.05, 0) is 97.9 Å². The lowest BCUT2D eigenvalue weighted by molar-refractivity contribution is -0.139. The molecule has 0 radical (unpaired) electrons. The van der Waals surface area contributed by atoms with Gasteiger partial charge >= 0.3 is 0 Å². The van der Waals surface area contributed by atoms with E-state index in [2.05, 4.69) is 21.0 Å². The monoisotopic (exact) mass is 794 g/mol. The number of Topliss-reactive ketones (excluding diaryl/α,β-unsaturated/α-hetero) is 4. The molecule has 0 heterocycles. The molecule has 0 bridgehead atoms. The number of aliphatic hydroxyl groups is 2. The molecule has 0 saturated carbocycles. The zero-order valence-corrected chi connectivity index (χ0v) is 34.8. The summed E-state index contributed by atoms with van der Waals surface area (Å²) < 4.78 is 11.7. The van der Waals surface area contributed by atoms with Crippen LogP contribution in [0.1, 0.15) is 122 Å². The maximum atomic E-state index is 12.7. The number of hydrogen-bond acceptors (Lipinski definition) is 14. The first kappa shape index (κ1) is 47.1. The first-order valence-electron chi connectivity index (χ1n) is 20.0. The molecule has 2 aromatic carbocycles. The number of fused-ring (bicyclic) bond motifs is 2. The van der Waals surface area contributed by atoms with Crippen LogP contribution in [0.5, 0.6) is 11.5 Å². The van der Waals surface area contributed by atoms with Crippen molar-refractivity contribution >= 4 is 23.1 Å². The normalized spacial score (nSPS) is 18.0. The number of benzene rings is 2. The molecule has 0 amide bonds. The first-order chi connectivity index (χ1) is 26.9. The summed E-state index contributed by atoms with van der Waals surface area (Å²) in [5, 5.41) is 32.1. The molecule has 314 valence electrons. The van der Waals surface area contributed by atoms with Crippen molar-refractivity contribution in [3.05, 3.63) is 68.5 Å². The van der Waals surface area contributed by atoms with Crippen LogP contribution in [0.4, 0.5) is 0 Å². The van der Waals surface area contributed by atoms with E-state index in [9.17, 15) is 39.2 Å². The second-order valence-electron chi connectivity index (χ2n) is 16.3. The van der Waals surface area contributed by atoms with E-state index in [1.165, 1.54) is 20.8 Å². The van der Waals surface area contributed by atoms with E-state index in [1.807, 2.05) is 64.1 Å². The second-order valence-corrected chi connectivity index (χ2v) is 16.3. The molecule has 57 heavy (non-hydrogen) atoms. The lowest BCUT2D eigenvalue weighted by Gasteiger charge is -2.20. The molecule has 2 aliphatic rings. The number of nitroso groups, excluding NO2 is 2. The zero-order valence-electron chi connectivity index (χ0n) is 34.8. The number of ketones is 4. The number of hydrogen-bond donors (Lipinski definition) is 4. The number of aliphatic hydroxyl groups excluding tert-OH is 2. The smallest absolute Gasteiger partial charge is 0.228 e. The Kier molecular flexibility index (Phi) is 17.8. The van der Waals surface area contributed by atoms with Crippen LogP contribution in [0.25, 0.3) is 0 Å². The Morgan fingerprint density at radius 1 is 0.737 bits per heavy atom. The first-order valence-corrected chi connectivity index (χ1v) is 20.0. The molecule has 0 saturated heterocycles. The van der Waals surface area contributed by atoms with Crippen molar-refractivity contribution in [1.82, 2.24) is 10.6 Å². The number of nitrogens with zero attached hydrogens (tertiary/aromatic N) is 2. The number of nitrogens with one attached hydrogen (secondary N) is 2. The Labute approximate surface area is 336 Å². The van der Waals surface area contributed by atoms with Crippen molar-refractivity contribution in [3.63, 3.8) is 0 Å². The quantitative estimate of drug-likeness (QED) is 0.0629. The Morgan fingerprint density at radius 2 is 1.19 bits per heavy atom. The van der Waals surface area contributed by atoms with Crippen LogP contribution in [-0.4, -0.2) is 95.0 Å². The van der Waals surface area contributed by atoms with Crippen LogP contribution in [0, 0.1) is 9.81 Å². The Morgan fingerprint density at radius 3 is 1.60 bits per heavy atom. The van der Waals surface area contributed by atoms with Crippen LogP contribution < -0.4 is 20.1 Å². The number of carbonyl (C=O) groups is 4. The maximum Gasteiger partial charge on any atom is 0.228 e. The third kappa shape index (κ3) is 12.9. The molecule has 5 atom stereocenters. The number of carbonyl (C=O) groups excluding carboxylic acids is 4. The van der Waals surface area contributed by atoms with E-state index >= 15 is 0 Å². The molecule has 14 heteroatoms. The van der Waals surface area contributed by atoms with Crippen LogP contribution >= 0.6 is 0 Å². The molecular weight excluding hydrogens is 732 g/mol. The third-order valence-electron chi connectivity index (χ3n) is 10.6. The van der Waals surface area contributed by atoms with Gasteiger partial charge in [0.25, 0.3) is 0 Å². The topological polar surface area (TPSA) is 210 Å². The van der Waals surface area contributed by atoms with Gasteiger partial charge in [-0.25, -0.2) is 0 Å². The van der Waals surface area contributed by atoms with Gasteiger partial charge in [-0.1, -0.05) is 64.1 Å². The van der Waals surface area contributed by atoms with Crippen molar-refractivity contribution < 1.29 is 38.9 Å². The summed E-state index contributed by atoms with van der Waals surface area (Å²) in [7, 11) is 0. The fourth-order valence-electron chi connectivity index (χ4n) is 7.06. The molecule has 14 nitrogen and oxygen atoms in total. The van der Waals surface area contributed by atoms with Crippen molar-refractivity contribution in [2.75, 3.05) is 26.3 Å². The van der Waals surface area contributed by atoms with E-state index in [0.29, 0.717) is 24.6 Å². The molecule has 2 aromatic rings. The molecular formula is C43H62N4O10. The van der Waals surface area contributed by atoms with Crippen LogP contribution in [0.3, 0.4) is 0 Å². The lowest BCUT2D eigenvalue weighted by Crippen LogP contribution is -2.41. The SMILES string of the molecule is CC(C)NCC(O)COc1cccc2c1CCC2CC(=O)C(=O)C(C)(C)N=O.CCC(=O)C(C)(N=O)C(=O)CC1CCc2c(OCC(O)CNC(C)C)cccc21. The molecule has 0 fully saturated rings. The van der Waals surface area contributed by atoms with Gasteiger partial charge in [-0.15, -0.1) is 9.81 Å². The molecule has 0 aromatic heterocycles. The summed E-state index contributed by atoms with van der Waals surface area (Å²) in [4.78, 5) is 71.3. The highest BCUT2D eigenvalue weighted by molar-refractivity contribution is 6.40. The summed E-state index contributed by atoms with van der Waals surface area (Å²) in [5.74, 6) is -0.924. The van der Waals surface area contributed by atoms with Crippen molar-refractivity contribution in [2.24, 2.45) is 10.4 Å². The van der Waals surface area contributed by atoms with Gasteiger partial charge in [-0.3, -0.25) is 19.2 Å². The second kappa shape index (κ2) is 21.5. The average Bonchev–Trinajstić information content (AvgIpc) is 3.80. The zero-order chi connectivity index (χ0) is 42.5. The van der Waals surface area contributed by atoms with Gasteiger partial charge in [0, 0.05) is 44.4 Å². The van der Waals surface area contributed by atoms with E-state index in [1.54, 1.807) is 6.92 Å². The van der Waals surface area contributed by atoms with Crippen LogP contribution in [-0.2, 0) is 32.0 Å². The highest BCUT2D eigenvalue weighted by atomic mass is 16.5. The average molecular weight is 795 g/mol. The highest BCUT2D eigenvalue weighted by Gasteiger charge is 2.43. The van der Waals surface area contributed by atoms with Crippen LogP contribution in [0.2, 0.25) is 0 Å². The molecule has 0 spiro atoms. The molecule has 5 unspecified atom stereocenters. The van der Waals surface area contributed by atoms with Gasteiger partial charge in [0.2, 0.25) is 17.1 Å². The van der Waals surface area contributed by atoms with E-state index in [-0.39, 0.29) is 56.4 Å². The van der Waals surface area contributed by atoms with Gasteiger partial charge in [-0.2, -0.15) is 0 Å².